The highest BCUT2D eigenvalue weighted by Crippen LogP contribution is 2.16. The van der Waals surface area contributed by atoms with E-state index in [-0.39, 0.29) is 18.1 Å². The van der Waals surface area contributed by atoms with Crippen LogP contribution in [0.5, 0.6) is 0 Å². The lowest BCUT2D eigenvalue weighted by Gasteiger charge is -2.36. The molecule has 1 aromatic carbocycles. The van der Waals surface area contributed by atoms with Crippen LogP contribution in [0, 0.1) is 3.57 Å². The Kier molecular flexibility index (Phi) is 4.04. The molecule has 0 bridgehead atoms. The molecule has 1 aliphatic rings. The van der Waals surface area contributed by atoms with E-state index in [0.29, 0.717) is 13.2 Å². The van der Waals surface area contributed by atoms with Gasteiger partial charge in [0.25, 0.3) is 5.91 Å². The molecule has 4 heteroatoms. The quantitative estimate of drug-likeness (QED) is 0.732. The van der Waals surface area contributed by atoms with Gasteiger partial charge in [0.05, 0.1) is 18.8 Å². The molecule has 2 unspecified atom stereocenters. The summed E-state index contributed by atoms with van der Waals surface area (Å²) >= 11 is 2.22. The Balaban J connectivity index is 2.18. The topological polar surface area (TPSA) is 29.5 Å². The van der Waals surface area contributed by atoms with Crippen molar-refractivity contribution in [2.75, 3.05) is 13.2 Å². The maximum atomic E-state index is 12.4. The van der Waals surface area contributed by atoms with E-state index in [2.05, 4.69) is 22.6 Å². The summed E-state index contributed by atoms with van der Waals surface area (Å²) in [7, 11) is 0. The van der Waals surface area contributed by atoms with Crippen molar-refractivity contribution in [1.82, 2.24) is 4.90 Å². The fourth-order valence-corrected chi connectivity index (χ4v) is 2.52. The highest BCUT2D eigenvalue weighted by molar-refractivity contribution is 14.1. The van der Waals surface area contributed by atoms with E-state index >= 15 is 0 Å². The van der Waals surface area contributed by atoms with Gasteiger partial charge in [-0.1, -0.05) is 6.07 Å². The van der Waals surface area contributed by atoms with Crippen molar-refractivity contribution >= 4 is 28.5 Å². The monoisotopic (exact) mass is 345 g/mol. The van der Waals surface area contributed by atoms with Gasteiger partial charge in [0, 0.05) is 15.7 Å². The number of rotatable bonds is 1. The predicted octanol–water partition coefficient (Wildman–Crippen LogP) is 2.54. The first-order valence-electron chi connectivity index (χ1n) is 5.76. The van der Waals surface area contributed by atoms with Gasteiger partial charge in [-0.25, -0.2) is 0 Å². The van der Waals surface area contributed by atoms with E-state index in [1.54, 1.807) is 0 Å². The molecule has 0 spiro atoms. The normalized spacial score (nSPS) is 24.8. The number of halogens is 1. The Morgan fingerprint density at radius 2 is 2.24 bits per heavy atom. The summed E-state index contributed by atoms with van der Waals surface area (Å²) in [5.74, 6) is 0.103. The molecule has 0 N–H and O–H groups in total. The average Bonchev–Trinajstić information content (AvgIpc) is 2.31. The van der Waals surface area contributed by atoms with Gasteiger partial charge in [-0.3, -0.25) is 4.79 Å². The Bertz CT molecular complexity index is 422. The fraction of sp³-hybridized carbons (Fsp3) is 0.462. The molecule has 0 saturated carbocycles. The third kappa shape index (κ3) is 2.98. The molecule has 0 aromatic heterocycles. The number of ether oxygens (including phenoxy) is 1. The van der Waals surface area contributed by atoms with Crippen LogP contribution in [-0.4, -0.2) is 36.1 Å². The van der Waals surface area contributed by atoms with E-state index in [1.807, 2.05) is 43.0 Å². The smallest absolute Gasteiger partial charge is 0.254 e. The number of carbonyl (C=O) groups is 1. The van der Waals surface area contributed by atoms with Crippen LogP contribution in [0.15, 0.2) is 24.3 Å². The van der Waals surface area contributed by atoms with Gasteiger partial charge in [0.2, 0.25) is 0 Å². The van der Waals surface area contributed by atoms with Crippen LogP contribution in [0.4, 0.5) is 0 Å². The SMILES string of the molecule is CC1CN(C(=O)c2cccc(I)c2)C(C)CO1. The molecule has 1 heterocycles. The minimum absolute atomic E-state index is 0.103. The Hall–Kier alpha value is -0.620. The van der Waals surface area contributed by atoms with Gasteiger partial charge in [-0.15, -0.1) is 0 Å². The second kappa shape index (κ2) is 5.35. The van der Waals surface area contributed by atoms with Gasteiger partial charge >= 0.3 is 0 Å². The van der Waals surface area contributed by atoms with E-state index in [9.17, 15) is 4.79 Å². The number of morpholine rings is 1. The minimum atomic E-state index is 0.103. The molecule has 2 atom stereocenters. The number of carbonyl (C=O) groups excluding carboxylic acids is 1. The zero-order valence-corrected chi connectivity index (χ0v) is 12.2. The lowest BCUT2D eigenvalue weighted by Crippen LogP contribution is -2.50. The van der Waals surface area contributed by atoms with Crippen LogP contribution in [0.25, 0.3) is 0 Å². The summed E-state index contributed by atoms with van der Waals surface area (Å²) in [5.41, 5.74) is 0.762. The van der Waals surface area contributed by atoms with Crippen LogP contribution >= 0.6 is 22.6 Å². The lowest BCUT2D eigenvalue weighted by molar-refractivity contribution is -0.0387. The van der Waals surface area contributed by atoms with Gasteiger partial charge in [0.15, 0.2) is 0 Å². The maximum absolute atomic E-state index is 12.4. The largest absolute Gasteiger partial charge is 0.375 e. The molecular formula is C13H16INO2. The molecule has 1 aliphatic heterocycles. The summed E-state index contributed by atoms with van der Waals surface area (Å²) in [6.45, 7) is 5.32. The predicted molar refractivity (Wildman–Crippen MR) is 75.1 cm³/mol. The Morgan fingerprint density at radius 3 is 2.94 bits per heavy atom. The zero-order valence-electron chi connectivity index (χ0n) is 10.0. The molecule has 1 saturated heterocycles. The van der Waals surface area contributed by atoms with Crippen molar-refractivity contribution < 1.29 is 9.53 Å². The average molecular weight is 345 g/mol. The summed E-state index contributed by atoms with van der Waals surface area (Å²) in [4.78, 5) is 14.3. The van der Waals surface area contributed by atoms with Gasteiger partial charge in [-0.2, -0.15) is 0 Å². The Morgan fingerprint density at radius 1 is 1.47 bits per heavy atom. The molecule has 0 aliphatic carbocycles. The van der Waals surface area contributed by atoms with Gasteiger partial charge < -0.3 is 9.64 Å². The van der Waals surface area contributed by atoms with Gasteiger partial charge in [0.1, 0.15) is 0 Å². The van der Waals surface area contributed by atoms with Crippen molar-refractivity contribution in [2.45, 2.75) is 26.0 Å². The van der Waals surface area contributed by atoms with Crippen molar-refractivity contribution in [3.05, 3.63) is 33.4 Å². The summed E-state index contributed by atoms with van der Waals surface area (Å²) < 4.78 is 6.62. The van der Waals surface area contributed by atoms with E-state index in [0.717, 1.165) is 9.13 Å². The van der Waals surface area contributed by atoms with Crippen molar-refractivity contribution in [3.8, 4) is 0 Å². The number of amides is 1. The van der Waals surface area contributed by atoms with Crippen LogP contribution < -0.4 is 0 Å². The molecule has 17 heavy (non-hydrogen) atoms. The number of nitrogens with zero attached hydrogens (tertiary/aromatic N) is 1. The van der Waals surface area contributed by atoms with Crippen LogP contribution in [0.2, 0.25) is 0 Å². The summed E-state index contributed by atoms with van der Waals surface area (Å²) in [5, 5.41) is 0. The van der Waals surface area contributed by atoms with E-state index in [1.165, 1.54) is 0 Å². The summed E-state index contributed by atoms with van der Waals surface area (Å²) in [6.07, 6.45) is 0.123. The Labute approximate surface area is 115 Å². The highest BCUT2D eigenvalue weighted by Gasteiger charge is 2.28. The first kappa shape index (κ1) is 12.8. The standard InChI is InChI=1S/C13H16INO2/c1-9-8-17-10(2)7-15(9)13(16)11-4-3-5-12(14)6-11/h3-6,9-10H,7-8H2,1-2H3. The number of hydrogen-bond donors (Lipinski definition) is 0. The molecule has 2 rings (SSSR count). The third-order valence-electron chi connectivity index (χ3n) is 2.94. The minimum Gasteiger partial charge on any atom is -0.375 e. The molecule has 0 radical (unpaired) electrons. The first-order chi connectivity index (χ1) is 8.08. The van der Waals surface area contributed by atoms with Crippen LogP contribution in [0.3, 0.4) is 0 Å². The number of benzene rings is 1. The summed E-state index contributed by atoms with van der Waals surface area (Å²) in [6, 6.07) is 7.86. The van der Waals surface area contributed by atoms with Crippen molar-refractivity contribution in [3.63, 3.8) is 0 Å². The van der Waals surface area contributed by atoms with E-state index < -0.39 is 0 Å². The van der Waals surface area contributed by atoms with Crippen LogP contribution in [-0.2, 0) is 4.74 Å². The molecule has 1 aromatic rings. The highest BCUT2D eigenvalue weighted by atomic mass is 127. The fourth-order valence-electron chi connectivity index (χ4n) is 1.97. The molecular weight excluding hydrogens is 329 g/mol. The van der Waals surface area contributed by atoms with Crippen molar-refractivity contribution in [2.24, 2.45) is 0 Å². The second-order valence-corrected chi connectivity index (χ2v) is 5.71. The maximum Gasteiger partial charge on any atom is 0.254 e. The lowest BCUT2D eigenvalue weighted by atomic mass is 10.1. The molecule has 92 valence electrons. The second-order valence-electron chi connectivity index (χ2n) is 4.46. The molecule has 1 fully saturated rings. The first-order valence-corrected chi connectivity index (χ1v) is 6.84. The number of hydrogen-bond acceptors (Lipinski definition) is 2. The third-order valence-corrected chi connectivity index (χ3v) is 3.61. The van der Waals surface area contributed by atoms with Crippen LogP contribution in [0.1, 0.15) is 24.2 Å². The van der Waals surface area contributed by atoms with E-state index in [4.69, 9.17) is 4.74 Å². The molecule has 1 amide bonds. The zero-order chi connectivity index (χ0) is 12.4. The molecule has 3 nitrogen and oxygen atoms in total. The van der Waals surface area contributed by atoms with Crippen molar-refractivity contribution in [1.29, 1.82) is 0 Å². The van der Waals surface area contributed by atoms with Gasteiger partial charge in [-0.05, 0) is 54.6 Å².